The van der Waals surface area contributed by atoms with Gasteiger partial charge in [-0.2, -0.15) is 5.10 Å². The lowest BCUT2D eigenvalue weighted by Gasteiger charge is -2.12. The number of phenolic OH excluding ortho intramolecular Hbond substituents is 1. The van der Waals surface area contributed by atoms with Crippen LogP contribution in [0.3, 0.4) is 0 Å². The highest BCUT2D eigenvalue weighted by Gasteiger charge is 2.32. The first-order valence-corrected chi connectivity index (χ1v) is 4.93. The second-order valence-electron chi connectivity index (χ2n) is 3.63. The Balaban J connectivity index is 2.47. The average Bonchev–Trinajstić information content (AvgIpc) is 2.62. The van der Waals surface area contributed by atoms with E-state index >= 15 is 0 Å². The van der Waals surface area contributed by atoms with Crippen molar-refractivity contribution in [1.29, 1.82) is 0 Å². The lowest BCUT2D eigenvalue weighted by atomic mass is 10.1. The van der Waals surface area contributed by atoms with Gasteiger partial charge in [0.05, 0.1) is 6.20 Å². The zero-order valence-corrected chi connectivity index (χ0v) is 9.27. The number of ether oxygens (including phenoxy) is 1. The predicted molar refractivity (Wildman–Crippen MR) is 57.0 cm³/mol. The van der Waals surface area contributed by atoms with Crippen molar-refractivity contribution in [3.8, 4) is 22.6 Å². The van der Waals surface area contributed by atoms with Crippen LogP contribution in [-0.2, 0) is 7.05 Å². The lowest BCUT2D eigenvalue weighted by Crippen LogP contribution is -2.17. The SMILES string of the molecule is Cn1cc(-c2ccc(O)cc2OC(F)(F)F)cn1. The van der Waals surface area contributed by atoms with E-state index in [0.717, 1.165) is 6.07 Å². The Morgan fingerprint density at radius 2 is 2.06 bits per heavy atom. The van der Waals surface area contributed by atoms with Crippen molar-refractivity contribution in [2.75, 3.05) is 0 Å². The number of phenols is 1. The number of rotatable bonds is 2. The number of nitrogens with zero attached hydrogens (tertiary/aromatic N) is 2. The van der Waals surface area contributed by atoms with E-state index < -0.39 is 12.1 Å². The minimum atomic E-state index is -4.81. The van der Waals surface area contributed by atoms with Gasteiger partial charge in [-0.25, -0.2) is 0 Å². The molecule has 7 heteroatoms. The van der Waals surface area contributed by atoms with Crippen LogP contribution in [0, 0.1) is 0 Å². The van der Waals surface area contributed by atoms with Crippen molar-refractivity contribution in [2.24, 2.45) is 7.05 Å². The van der Waals surface area contributed by atoms with Crippen LogP contribution in [0.1, 0.15) is 0 Å². The lowest BCUT2D eigenvalue weighted by molar-refractivity contribution is -0.274. The van der Waals surface area contributed by atoms with Gasteiger partial charge in [0.25, 0.3) is 0 Å². The highest BCUT2D eigenvalue weighted by Crippen LogP contribution is 2.35. The topological polar surface area (TPSA) is 47.3 Å². The maximum absolute atomic E-state index is 12.2. The first-order chi connectivity index (χ1) is 8.35. The summed E-state index contributed by atoms with van der Waals surface area (Å²) in [5.41, 5.74) is 0.676. The van der Waals surface area contributed by atoms with Gasteiger partial charge in [-0.15, -0.1) is 13.2 Å². The Bertz CT molecular complexity index is 564. The molecule has 0 aliphatic heterocycles. The van der Waals surface area contributed by atoms with Crippen molar-refractivity contribution in [3.63, 3.8) is 0 Å². The quantitative estimate of drug-likeness (QED) is 0.900. The van der Waals surface area contributed by atoms with Gasteiger partial charge in [-0.05, 0) is 12.1 Å². The van der Waals surface area contributed by atoms with Crippen LogP contribution in [0.5, 0.6) is 11.5 Å². The van der Waals surface area contributed by atoms with E-state index in [1.165, 1.54) is 23.0 Å². The van der Waals surface area contributed by atoms with Crippen LogP contribution in [0.25, 0.3) is 11.1 Å². The molecule has 4 nitrogen and oxygen atoms in total. The largest absolute Gasteiger partial charge is 0.573 e. The van der Waals surface area contributed by atoms with Gasteiger partial charge in [0.15, 0.2) is 0 Å². The summed E-state index contributed by atoms with van der Waals surface area (Å²) in [7, 11) is 1.65. The zero-order valence-electron chi connectivity index (χ0n) is 9.27. The fraction of sp³-hybridized carbons (Fsp3) is 0.182. The Kier molecular flexibility index (Phi) is 2.90. The number of hydrogen-bond donors (Lipinski definition) is 1. The standard InChI is InChI=1S/C11H9F3N2O2/c1-16-6-7(5-15-16)9-3-2-8(17)4-10(9)18-11(12,13)14/h2-6,17H,1H3. The molecule has 0 fully saturated rings. The third kappa shape index (κ3) is 2.73. The molecule has 0 amide bonds. The number of aromatic hydroxyl groups is 1. The molecule has 0 atom stereocenters. The fourth-order valence-electron chi connectivity index (χ4n) is 1.52. The molecule has 0 saturated carbocycles. The Hall–Kier alpha value is -2.18. The first kappa shape index (κ1) is 12.3. The molecule has 1 aromatic heterocycles. The molecule has 1 heterocycles. The third-order valence-electron chi connectivity index (χ3n) is 2.21. The van der Waals surface area contributed by atoms with E-state index in [-0.39, 0.29) is 11.3 Å². The smallest absolute Gasteiger partial charge is 0.508 e. The molecular weight excluding hydrogens is 249 g/mol. The Labute approximate surface area is 100 Å². The Morgan fingerprint density at radius 3 is 2.61 bits per heavy atom. The Morgan fingerprint density at radius 1 is 1.33 bits per heavy atom. The molecule has 2 aromatic rings. The first-order valence-electron chi connectivity index (χ1n) is 4.93. The van der Waals surface area contributed by atoms with Crippen LogP contribution in [0.2, 0.25) is 0 Å². The van der Waals surface area contributed by atoms with Gasteiger partial charge in [0, 0.05) is 30.4 Å². The molecule has 0 bridgehead atoms. The molecule has 0 radical (unpaired) electrons. The molecular formula is C11H9F3N2O2. The minimum Gasteiger partial charge on any atom is -0.508 e. The number of hydrogen-bond acceptors (Lipinski definition) is 3. The van der Waals surface area contributed by atoms with E-state index in [0.29, 0.717) is 5.56 Å². The van der Waals surface area contributed by atoms with Gasteiger partial charge in [-0.3, -0.25) is 4.68 Å². The number of alkyl halides is 3. The molecule has 0 saturated heterocycles. The molecule has 1 N–H and O–H groups in total. The molecule has 0 aliphatic rings. The van der Waals surface area contributed by atoms with Crippen molar-refractivity contribution in [1.82, 2.24) is 9.78 Å². The van der Waals surface area contributed by atoms with Gasteiger partial charge < -0.3 is 9.84 Å². The maximum atomic E-state index is 12.2. The van der Waals surface area contributed by atoms with E-state index in [9.17, 15) is 18.3 Å². The number of aromatic nitrogens is 2. The van der Waals surface area contributed by atoms with E-state index in [4.69, 9.17) is 0 Å². The van der Waals surface area contributed by atoms with Gasteiger partial charge in [0.2, 0.25) is 0 Å². The van der Waals surface area contributed by atoms with E-state index in [1.807, 2.05) is 0 Å². The van der Waals surface area contributed by atoms with Gasteiger partial charge >= 0.3 is 6.36 Å². The van der Waals surface area contributed by atoms with Crippen LogP contribution < -0.4 is 4.74 Å². The van der Waals surface area contributed by atoms with Crippen molar-refractivity contribution < 1.29 is 23.0 Å². The third-order valence-corrected chi connectivity index (χ3v) is 2.21. The van der Waals surface area contributed by atoms with Crippen LogP contribution in [0.4, 0.5) is 13.2 Å². The normalized spacial score (nSPS) is 11.6. The average molecular weight is 258 g/mol. The molecule has 96 valence electrons. The second-order valence-corrected chi connectivity index (χ2v) is 3.63. The molecule has 0 aliphatic carbocycles. The summed E-state index contributed by atoms with van der Waals surface area (Å²) in [6.07, 6.45) is -1.85. The van der Waals surface area contributed by atoms with Crippen LogP contribution >= 0.6 is 0 Å². The molecule has 2 rings (SSSR count). The van der Waals surface area contributed by atoms with Crippen LogP contribution in [-0.4, -0.2) is 21.2 Å². The zero-order chi connectivity index (χ0) is 13.3. The summed E-state index contributed by atoms with van der Waals surface area (Å²) in [4.78, 5) is 0. The fourth-order valence-corrected chi connectivity index (χ4v) is 1.52. The van der Waals surface area contributed by atoms with Crippen molar-refractivity contribution in [3.05, 3.63) is 30.6 Å². The summed E-state index contributed by atoms with van der Waals surface area (Å²) in [5.74, 6) is -0.766. The second kappa shape index (κ2) is 4.25. The van der Waals surface area contributed by atoms with Crippen molar-refractivity contribution in [2.45, 2.75) is 6.36 Å². The number of benzene rings is 1. The van der Waals surface area contributed by atoms with Gasteiger partial charge in [0.1, 0.15) is 11.5 Å². The maximum Gasteiger partial charge on any atom is 0.573 e. The monoisotopic (exact) mass is 258 g/mol. The molecule has 18 heavy (non-hydrogen) atoms. The summed E-state index contributed by atoms with van der Waals surface area (Å²) >= 11 is 0. The molecule has 0 spiro atoms. The van der Waals surface area contributed by atoms with Crippen molar-refractivity contribution >= 4 is 0 Å². The number of aryl methyl sites for hydroxylation is 1. The molecule has 1 aromatic carbocycles. The molecule has 0 unspecified atom stereocenters. The summed E-state index contributed by atoms with van der Waals surface area (Å²) < 4.78 is 42.1. The van der Waals surface area contributed by atoms with Crippen LogP contribution in [0.15, 0.2) is 30.6 Å². The highest BCUT2D eigenvalue weighted by molar-refractivity contribution is 5.70. The summed E-state index contributed by atoms with van der Waals surface area (Å²) in [5, 5.41) is 13.1. The summed E-state index contributed by atoms with van der Waals surface area (Å²) in [6.45, 7) is 0. The minimum absolute atomic E-state index is 0.207. The predicted octanol–water partition coefficient (Wildman–Crippen LogP) is 2.69. The van der Waals surface area contributed by atoms with E-state index in [1.54, 1.807) is 13.2 Å². The van der Waals surface area contributed by atoms with Gasteiger partial charge in [-0.1, -0.05) is 0 Å². The number of halogens is 3. The summed E-state index contributed by atoms with van der Waals surface area (Å²) in [6, 6.07) is 3.54. The van der Waals surface area contributed by atoms with E-state index in [2.05, 4.69) is 9.84 Å². The highest BCUT2D eigenvalue weighted by atomic mass is 19.4.